The number of anilines is 1. The maximum Gasteiger partial charge on any atom is 0.255 e. The molecule has 3 aromatic carbocycles. The van der Waals surface area contributed by atoms with Crippen molar-refractivity contribution >= 4 is 22.4 Å². The third-order valence-electron chi connectivity index (χ3n) is 3.13. The molecular formula is C17H11F2NO. The van der Waals surface area contributed by atoms with Crippen molar-refractivity contribution in [1.82, 2.24) is 0 Å². The highest BCUT2D eigenvalue weighted by atomic mass is 19.1. The minimum absolute atomic E-state index is 0.0549. The van der Waals surface area contributed by atoms with Crippen molar-refractivity contribution in [3.05, 3.63) is 77.9 Å². The molecule has 0 fully saturated rings. The number of carbonyl (C=O) groups excluding carboxylic acids is 1. The van der Waals surface area contributed by atoms with Crippen molar-refractivity contribution in [2.24, 2.45) is 0 Å². The molecule has 0 saturated carbocycles. The van der Waals surface area contributed by atoms with Gasteiger partial charge in [-0.1, -0.05) is 30.3 Å². The van der Waals surface area contributed by atoms with Gasteiger partial charge in [0.1, 0.15) is 11.6 Å². The molecule has 0 aromatic heterocycles. The number of amides is 1. The van der Waals surface area contributed by atoms with Gasteiger partial charge in [-0.2, -0.15) is 0 Å². The van der Waals surface area contributed by atoms with Gasteiger partial charge in [0.25, 0.3) is 5.91 Å². The molecule has 4 heteroatoms. The Balaban J connectivity index is 1.88. The molecule has 0 heterocycles. The molecule has 0 spiro atoms. The summed E-state index contributed by atoms with van der Waals surface area (Å²) in [5.41, 5.74) is 0.518. The van der Waals surface area contributed by atoms with Crippen molar-refractivity contribution in [3.8, 4) is 0 Å². The van der Waals surface area contributed by atoms with E-state index in [1.54, 1.807) is 6.07 Å². The van der Waals surface area contributed by atoms with E-state index in [1.807, 2.05) is 36.4 Å². The summed E-state index contributed by atoms with van der Waals surface area (Å²) in [5, 5.41) is 4.65. The minimum Gasteiger partial charge on any atom is -0.322 e. The van der Waals surface area contributed by atoms with Gasteiger partial charge in [0.05, 0.1) is 0 Å². The average molecular weight is 283 g/mol. The third-order valence-corrected chi connectivity index (χ3v) is 3.13. The predicted octanol–water partition coefficient (Wildman–Crippen LogP) is 4.37. The van der Waals surface area contributed by atoms with E-state index in [9.17, 15) is 13.6 Å². The lowest BCUT2D eigenvalue weighted by atomic mass is 10.1. The topological polar surface area (TPSA) is 29.1 Å². The molecule has 0 radical (unpaired) electrons. The van der Waals surface area contributed by atoms with Crippen LogP contribution in [0.3, 0.4) is 0 Å². The molecule has 0 aliphatic heterocycles. The van der Waals surface area contributed by atoms with Crippen LogP contribution in [0.2, 0.25) is 0 Å². The lowest BCUT2D eigenvalue weighted by molar-refractivity contribution is 0.102. The Bertz CT molecular complexity index is 810. The summed E-state index contributed by atoms with van der Waals surface area (Å²) in [4.78, 5) is 12.0. The fourth-order valence-corrected chi connectivity index (χ4v) is 2.16. The van der Waals surface area contributed by atoms with Crippen molar-refractivity contribution in [2.45, 2.75) is 0 Å². The van der Waals surface area contributed by atoms with Crippen molar-refractivity contribution < 1.29 is 13.6 Å². The van der Waals surface area contributed by atoms with E-state index in [4.69, 9.17) is 0 Å². The van der Waals surface area contributed by atoms with Gasteiger partial charge in [-0.15, -0.1) is 0 Å². The number of rotatable bonds is 2. The second kappa shape index (κ2) is 5.32. The van der Waals surface area contributed by atoms with Crippen molar-refractivity contribution in [2.75, 3.05) is 5.32 Å². The summed E-state index contributed by atoms with van der Waals surface area (Å²) in [5.74, 6) is -2.11. The maximum atomic E-state index is 13.1. The molecule has 0 bridgehead atoms. The van der Waals surface area contributed by atoms with Crippen LogP contribution in [0.25, 0.3) is 10.8 Å². The molecule has 0 unspecified atom stereocenters. The monoisotopic (exact) mass is 283 g/mol. The summed E-state index contributed by atoms with van der Waals surface area (Å²) in [6.07, 6.45) is 0. The lowest BCUT2D eigenvalue weighted by Gasteiger charge is -2.07. The minimum atomic E-state index is -0.779. The first-order valence-electron chi connectivity index (χ1n) is 6.38. The van der Waals surface area contributed by atoms with E-state index >= 15 is 0 Å². The zero-order chi connectivity index (χ0) is 14.8. The molecule has 21 heavy (non-hydrogen) atoms. The molecule has 1 amide bonds. The van der Waals surface area contributed by atoms with Crippen molar-refractivity contribution in [3.63, 3.8) is 0 Å². The number of hydrogen-bond donors (Lipinski definition) is 1. The van der Waals surface area contributed by atoms with Crippen LogP contribution in [0.15, 0.2) is 60.7 Å². The Morgan fingerprint density at radius 1 is 0.810 bits per heavy atom. The van der Waals surface area contributed by atoms with E-state index < -0.39 is 17.5 Å². The Labute approximate surface area is 120 Å². The quantitative estimate of drug-likeness (QED) is 0.743. The summed E-state index contributed by atoms with van der Waals surface area (Å²) >= 11 is 0. The molecule has 104 valence electrons. The van der Waals surface area contributed by atoms with Gasteiger partial charge in [0, 0.05) is 17.3 Å². The Hall–Kier alpha value is -2.75. The van der Waals surface area contributed by atoms with Crippen LogP contribution in [0, 0.1) is 11.6 Å². The fraction of sp³-hybridized carbons (Fsp3) is 0. The molecular weight excluding hydrogens is 272 g/mol. The maximum absolute atomic E-state index is 13.1. The number of halogens is 2. The van der Waals surface area contributed by atoms with E-state index in [2.05, 4.69) is 5.32 Å². The van der Waals surface area contributed by atoms with Crippen molar-refractivity contribution in [1.29, 1.82) is 0 Å². The normalized spacial score (nSPS) is 10.6. The van der Waals surface area contributed by atoms with Gasteiger partial charge < -0.3 is 5.32 Å². The van der Waals surface area contributed by atoms with Gasteiger partial charge >= 0.3 is 0 Å². The van der Waals surface area contributed by atoms with Gasteiger partial charge in [0.2, 0.25) is 0 Å². The van der Waals surface area contributed by atoms with Crippen LogP contribution >= 0.6 is 0 Å². The number of hydrogen-bond acceptors (Lipinski definition) is 1. The van der Waals surface area contributed by atoms with E-state index in [1.165, 1.54) is 0 Å². The van der Waals surface area contributed by atoms with Gasteiger partial charge in [-0.3, -0.25) is 4.79 Å². The number of fused-ring (bicyclic) bond motifs is 1. The van der Waals surface area contributed by atoms with Crippen LogP contribution < -0.4 is 5.32 Å². The van der Waals surface area contributed by atoms with Crippen LogP contribution in [-0.4, -0.2) is 5.91 Å². The standard InChI is InChI=1S/C17H11F2NO/c18-14-7-13(8-15(19)10-14)17(21)20-16-6-5-11-3-1-2-4-12(11)9-16/h1-10H,(H,20,21). The molecule has 3 rings (SSSR count). The molecule has 3 aromatic rings. The predicted molar refractivity (Wildman–Crippen MR) is 78.3 cm³/mol. The number of benzene rings is 3. The highest BCUT2D eigenvalue weighted by molar-refractivity contribution is 6.05. The Morgan fingerprint density at radius 3 is 2.19 bits per heavy atom. The molecule has 1 N–H and O–H groups in total. The first-order chi connectivity index (χ1) is 10.1. The van der Waals surface area contributed by atoms with Crippen LogP contribution in [0.5, 0.6) is 0 Å². The molecule has 2 nitrogen and oxygen atoms in total. The zero-order valence-corrected chi connectivity index (χ0v) is 10.9. The molecule has 0 aliphatic rings. The van der Waals surface area contributed by atoms with Crippen LogP contribution in [0.4, 0.5) is 14.5 Å². The number of nitrogens with one attached hydrogen (secondary N) is 1. The van der Waals surface area contributed by atoms with Crippen LogP contribution in [0.1, 0.15) is 10.4 Å². The summed E-state index contributed by atoms with van der Waals surface area (Å²) < 4.78 is 26.2. The summed E-state index contributed by atoms with van der Waals surface area (Å²) in [6, 6.07) is 15.9. The molecule has 0 aliphatic carbocycles. The zero-order valence-electron chi connectivity index (χ0n) is 10.9. The van der Waals surface area contributed by atoms with Gasteiger partial charge in [0.15, 0.2) is 0 Å². The summed E-state index contributed by atoms with van der Waals surface area (Å²) in [7, 11) is 0. The lowest BCUT2D eigenvalue weighted by Crippen LogP contribution is -2.12. The highest BCUT2D eigenvalue weighted by Crippen LogP contribution is 2.19. The Kier molecular flexibility index (Phi) is 3.36. The number of carbonyl (C=O) groups is 1. The van der Waals surface area contributed by atoms with Crippen LogP contribution in [-0.2, 0) is 0 Å². The van der Waals surface area contributed by atoms with Gasteiger partial charge in [-0.25, -0.2) is 8.78 Å². The first kappa shape index (κ1) is 13.2. The second-order valence-electron chi connectivity index (χ2n) is 4.67. The molecule has 0 saturated heterocycles. The Morgan fingerprint density at radius 2 is 1.48 bits per heavy atom. The smallest absolute Gasteiger partial charge is 0.255 e. The first-order valence-corrected chi connectivity index (χ1v) is 6.38. The SMILES string of the molecule is O=C(Nc1ccc2ccccc2c1)c1cc(F)cc(F)c1. The summed E-state index contributed by atoms with van der Waals surface area (Å²) in [6.45, 7) is 0. The highest BCUT2D eigenvalue weighted by Gasteiger charge is 2.09. The van der Waals surface area contributed by atoms with E-state index in [0.717, 1.165) is 29.0 Å². The van der Waals surface area contributed by atoms with Gasteiger partial charge in [-0.05, 0) is 35.0 Å². The largest absolute Gasteiger partial charge is 0.322 e. The third kappa shape index (κ3) is 2.89. The average Bonchev–Trinajstić information content (AvgIpc) is 2.46. The fourth-order valence-electron chi connectivity index (χ4n) is 2.16. The second-order valence-corrected chi connectivity index (χ2v) is 4.67. The van der Waals surface area contributed by atoms with E-state index in [-0.39, 0.29) is 5.56 Å². The van der Waals surface area contributed by atoms with E-state index in [0.29, 0.717) is 5.69 Å². The molecule has 0 atom stereocenters.